The second kappa shape index (κ2) is 8.14. The number of hydrogen-bond acceptors (Lipinski definition) is 6. The van der Waals surface area contributed by atoms with Gasteiger partial charge in [0, 0.05) is 17.8 Å². The topological polar surface area (TPSA) is 114 Å². The minimum absolute atomic E-state index is 0.127. The Balaban J connectivity index is 1.71. The van der Waals surface area contributed by atoms with Crippen LogP contribution >= 0.6 is 0 Å². The molecule has 12 heteroatoms. The van der Waals surface area contributed by atoms with Crippen molar-refractivity contribution in [3.05, 3.63) is 65.5 Å². The molecule has 0 aliphatic heterocycles. The third kappa shape index (κ3) is 4.95. The van der Waals surface area contributed by atoms with E-state index in [1.165, 1.54) is 16.9 Å². The summed E-state index contributed by atoms with van der Waals surface area (Å²) < 4.78 is 66.7. The lowest BCUT2D eigenvalue weighted by atomic mass is 10.1. The molecule has 3 rings (SSSR count). The molecule has 0 saturated carbocycles. The summed E-state index contributed by atoms with van der Waals surface area (Å²) in [7, 11) is -5.58. The maximum atomic E-state index is 12.5. The van der Waals surface area contributed by atoms with Crippen molar-refractivity contribution in [2.75, 3.05) is 4.72 Å². The van der Waals surface area contributed by atoms with Crippen molar-refractivity contribution in [2.24, 2.45) is 0 Å². The highest BCUT2D eigenvalue weighted by Crippen LogP contribution is 2.27. The van der Waals surface area contributed by atoms with Gasteiger partial charge in [-0.15, -0.1) is 10.2 Å². The first kappa shape index (κ1) is 21.3. The van der Waals surface area contributed by atoms with Crippen LogP contribution < -0.4 is 10.0 Å². The summed E-state index contributed by atoms with van der Waals surface area (Å²) in [5.74, 6) is -1.15. The van der Waals surface area contributed by atoms with Gasteiger partial charge in [0.25, 0.3) is 0 Å². The minimum atomic E-state index is -5.58. The first-order chi connectivity index (χ1) is 14.0. The monoisotopic (exact) mass is 440 g/mol. The Morgan fingerprint density at radius 2 is 1.80 bits per heavy atom. The highest BCUT2D eigenvalue weighted by Gasteiger charge is 2.46. The SMILES string of the molecule is Cc1ccc(CNC(=O)c2nnc(-c3cccc(NS(=O)(=O)C(F)(F)F)c3)o2)cc1. The van der Waals surface area contributed by atoms with E-state index >= 15 is 0 Å². The predicted molar refractivity (Wildman–Crippen MR) is 101 cm³/mol. The number of amides is 1. The summed E-state index contributed by atoms with van der Waals surface area (Å²) in [5.41, 5.74) is -3.75. The van der Waals surface area contributed by atoms with Gasteiger partial charge in [-0.25, -0.2) is 0 Å². The van der Waals surface area contributed by atoms with E-state index in [0.717, 1.165) is 23.3 Å². The fraction of sp³-hybridized carbons (Fsp3) is 0.167. The molecule has 158 valence electrons. The number of aromatic nitrogens is 2. The Morgan fingerprint density at radius 3 is 2.47 bits per heavy atom. The molecule has 2 aromatic carbocycles. The summed E-state index contributed by atoms with van der Waals surface area (Å²) in [4.78, 5) is 12.2. The Kier molecular flexibility index (Phi) is 5.78. The van der Waals surface area contributed by atoms with Gasteiger partial charge in [-0.05, 0) is 30.7 Å². The molecule has 0 aliphatic carbocycles. The van der Waals surface area contributed by atoms with E-state index in [-0.39, 0.29) is 29.6 Å². The third-order valence-corrected chi connectivity index (χ3v) is 4.97. The molecular formula is C18H15F3N4O4S. The Labute approximate surface area is 169 Å². The first-order valence-electron chi connectivity index (χ1n) is 8.42. The quantitative estimate of drug-likeness (QED) is 0.608. The first-order valence-corrected chi connectivity index (χ1v) is 9.90. The van der Waals surface area contributed by atoms with Crippen LogP contribution in [0.5, 0.6) is 0 Å². The molecule has 3 aromatic rings. The number of rotatable bonds is 6. The van der Waals surface area contributed by atoms with Gasteiger partial charge in [-0.3, -0.25) is 9.52 Å². The molecule has 0 fully saturated rings. The predicted octanol–water partition coefficient (Wildman–Crippen LogP) is 3.24. The zero-order chi connectivity index (χ0) is 21.9. The van der Waals surface area contributed by atoms with Crippen LogP contribution in [0.1, 0.15) is 21.8 Å². The van der Waals surface area contributed by atoms with E-state index in [2.05, 4.69) is 15.5 Å². The lowest BCUT2D eigenvalue weighted by Crippen LogP contribution is -2.29. The van der Waals surface area contributed by atoms with Gasteiger partial charge in [0.1, 0.15) is 0 Å². The van der Waals surface area contributed by atoms with Crippen molar-refractivity contribution in [3.63, 3.8) is 0 Å². The summed E-state index contributed by atoms with van der Waals surface area (Å²) in [6.07, 6.45) is 0. The number of hydrogen-bond donors (Lipinski definition) is 2. The van der Waals surface area contributed by atoms with E-state index in [0.29, 0.717) is 0 Å². The highest BCUT2D eigenvalue weighted by molar-refractivity contribution is 7.93. The van der Waals surface area contributed by atoms with Gasteiger partial charge in [-0.2, -0.15) is 21.6 Å². The zero-order valence-corrected chi connectivity index (χ0v) is 16.2. The summed E-state index contributed by atoms with van der Waals surface area (Å²) in [6, 6.07) is 12.4. The van der Waals surface area contributed by atoms with Gasteiger partial charge in [0.05, 0.1) is 0 Å². The van der Waals surface area contributed by atoms with Gasteiger partial charge in [0.15, 0.2) is 0 Å². The van der Waals surface area contributed by atoms with Gasteiger partial charge < -0.3 is 9.73 Å². The molecule has 0 radical (unpaired) electrons. The molecule has 2 N–H and O–H groups in total. The largest absolute Gasteiger partial charge is 0.516 e. The molecule has 30 heavy (non-hydrogen) atoms. The van der Waals surface area contributed by atoms with E-state index in [1.54, 1.807) is 0 Å². The normalized spacial score (nSPS) is 11.9. The summed E-state index contributed by atoms with van der Waals surface area (Å²) in [6.45, 7) is 2.16. The van der Waals surface area contributed by atoms with E-state index in [1.807, 2.05) is 31.2 Å². The van der Waals surface area contributed by atoms with Crippen molar-refractivity contribution in [1.82, 2.24) is 15.5 Å². The highest BCUT2D eigenvalue weighted by atomic mass is 32.2. The van der Waals surface area contributed by atoms with Crippen molar-refractivity contribution < 1.29 is 30.8 Å². The molecule has 0 spiro atoms. The van der Waals surface area contributed by atoms with Crippen LogP contribution in [0.4, 0.5) is 18.9 Å². The van der Waals surface area contributed by atoms with Gasteiger partial charge >= 0.3 is 27.3 Å². The van der Waals surface area contributed by atoms with Crippen LogP contribution in [0, 0.1) is 6.92 Å². The second-order valence-corrected chi connectivity index (χ2v) is 7.89. The standard InChI is InChI=1S/C18H15F3N4O4S/c1-11-5-7-12(8-6-11)10-22-15(26)17-24-23-16(29-17)13-3-2-4-14(9-13)25-30(27,28)18(19,20)21/h2-9,25H,10H2,1H3,(H,22,26). The molecule has 1 aromatic heterocycles. The van der Waals surface area contributed by atoms with Crippen LogP contribution in [0.15, 0.2) is 52.9 Å². The number of alkyl halides is 3. The van der Waals surface area contributed by atoms with Crippen LogP contribution in [-0.2, 0) is 16.6 Å². The molecule has 0 atom stereocenters. The second-order valence-electron chi connectivity index (χ2n) is 6.21. The Morgan fingerprint density at radius 1 is 1.10 bits per heavy atom. The Bertz CT molecular complexity index is 1160. The molecule has 1 amide bonds. The van der Waals surface area contributed by atoms with Crippen molar-refractivity contribution in [1.29, 1.82) is 0 Å². The maximum absolute atomic E-state index is 12.5. The lowest BCUT2D eigenvalue weighted by molar-refractivity contribution is -0.0429. The number of aryl methyl sites for hydroxylation is 1. The number of benzene rings is 2. The van der Waals surface area contributed by atoms with Crippen LogP contribution in [0.3, 0.4) is 0 Å². The molecule has 0 unspecified atom stereocenters. The number of nitrogens with one attached hydrogen (secondary N) is 2. The number of anilines is 1. The van der Waals surface area contributed by atoms with E-state index in [9.17, 15) is 26.4 Å². The molecule has 0 aliphatic rings. The number of sulfonamides is 1. The van der Waals surface area contributed by atoms with E-state index in [4.69, 9.17) is 4.42 Å². The van der Waals surface area contributed by atoms with Crippen LogP contribution in [0.2, 0.25) is 0 Å². The molecule has 1 heterocycles. The summed E-state index contributed by atoms with van der Waals surface area (Å²) >= 11 is 0. The number of carbonyl (C=O) groups excluding carboxylic acids is 1. The average Bonchev–Trinajstić information content (AvgIpc) is 3.17. The number of nitrogens with zero attached hydrogens (tertiary/aromatic N) is 2. The zero-order valence-electron chi connectivity index (χ0n) is 15.4. The Hall–Kier alpha value is -3.41. The fourth-order valence-electron chi connectivity index (χ4n) is 2.32. The molecule has 8 nitrogen and oxygen atoms in total. The fourth-order valence-corrected chi connectivity index (χ4v) is 2.88. The van der Waals surface area contributed by atoms with Crippen molar-refractivity contribution in [3.8, 4) is 11.5 Å². The summed E-state index contributed by atoms with van der Waals surface area (Å²) in [5, 5.41) is 9.91. The minimum Gasteiger partial charge on any atom is -0.412 e. The number of carbonyl (C=O) groups is 1. The molecule has 0 bridgehead atoms. The lowest BCUT2D eigenvalue weighted by Gasteiger charge is -2.10. The van der Waals surface area contributed by atoms with Gasteiger partial charge in [-0.1, -0.05) is 35.9 Å². The number of halogens is 3. The van der Waals surface area contributed by atoms with Crippen molar-refractivity contribution >= 4 is 21.6 Å². The van der Waals surface area contributed by atoms with E-state index < -0.39 is 21.4 Å². The maximum Gasteiger partial charge on any atom is 0.516 e. The molecular weight excluding hydrogens is 425 g/mol. The smallest absolute Gasteiger partial charge is 0.412 e. The van der Waals surface area contributed by atoms with Crippen LogP contribution in [0.25, 0.3) is 11.5 Å². The average molecular weight is 440 g/mol. The molecule has 0 saturated heterocycles. The van der Waals surface area contributed by atoms with Gasteiger partial charge in [0.2, 0.25) is 5.89 Å². The third-order valence-electron chi connectivity index (χ3n) is 3.86. The van der Waals surface area contributed by atoms with Crippen LogP contribution in [-0.4, -0.2) is 30.0 Å². The van der Waals surface area contributed by atoms with Crippen molar-refractivity contribution in [2.45, 2.75) is 19.0 Å².